The lowest BCUT2D eigenvalue weighted by molar-refractivity contribution is 0.0944. The molecule has 1 N–H and O–H groups in total. The van der Waals surface area contributed by atoms with E-state index in [-0.39, 0.29) is 5.91 Å². The van der Waals surface area contributed by atoms with Gasteiger partial charge >= 0.3 is 0 Å². The van der Waals surface area contributed by atoms with Crippen LogP contribution in [0.5, 0.6) is 17.2 Å². The Kier molecular flexibility index (Phi) is 8.00. The molecule has 146 valence electrons. The second kappa shape index (κ2) is 10.2. The summed E-state index contributed by atoms with van der Waals surface area (Å²) in [7, 11) is 4.60. The fourth-order valence-electron chi connectivity index (χ4n) is 3.21. The van der Waals surface area contributed by atoms with Crippen molar-refractivity contribution in [2.75, 3.05) is 67.1 Å². The van der Waals surface area contributed by atoms with Gasteiger partial charge in [0.05, 0.1) is 26.9 Å². The van der Waals surface area contributed by atoms with Crippen molar-refractivity contribution in [3.63, 3.8) is 0 Å². The van der Waals surface area contributed by atoms with E-state index in [4.69, 9.17) is 14.2 Å². The number of nitrogens with zero attached hydrogens (tertiary/aromatic N) is 2. The number of rotatable bonds is 9. The molecule has 0 spiro atoms. The van der Waals surface area contributed by atoms with Crippen molar-refractivity contribution in [3.05, 3.63) is 17.7 Å². The van der Waals surface area contributed by atoms with Crippen LogP contribution in [0, 0.1) is 0 Å². The van der Waals surface area contributed by atoms with Crippen LogP contribution >= 0.6 is 0 Å². The van der Waals surface area contributed by atoms with Gasteiger partial charge in [-0.05, 0) is 31.6 Å². The molecular weight excluding hydrogens is 334 g/mol. The number of benzene rings is 1. The highest BCUT2D eigenvalue weighted by Crippen LogP contribution is 2.39. The zero-order valence-corrected chi connectivity index (χ0v) is 16.3. The Hall–Kier alpha value is -1.99. The van der Waals surface area contributed by atoms with Crippen LogP contribution in [0.15, 0.2) is 12.1 Å². The van der Waals surface area contributed by atoms with Crippen LogP contribution in [0.3, 0.4) is 0 Å². The molecule has 1 fully saturated rings. The van der Waals surface area contributed by atoms with E-state index in [1.54, 1.807) is 19.2 Å². The third kappa shape index (κ3) is 5.02. The third-order valence-corrected chi connectivity index (χ3v) is 4.80. The first-order valence-corrected chi connectivity index (χ1v) is 9.16. The lowest BCUT2D eigenvalue weighted by Crippen LogP contribution is -2.46. The van der Waals surface area contributed by atoms with Crippen molar-refractivity contribution in [1.82, 2.24) is 15.1 Å². The molecule has 1 aliphatic rings. The van der Waals surface area contributed by atoms with Gasteiger partial charge in [0, 0.05) is 32.7 Å². The minimum absolute atomic E-state index is 0.168. The number of amides is 1. The van der Waals surface area contributed by atoms with Gasteiger partial charge in [-0.1, -0.05) is 6.92 Å². The van der Waals surface area contributed by atoms with Gasteiger partial charge in [-0.2, -0.15) is 0 Å². The third-order valence-electron chi connectivity index (χ3n) is 4.80. The number of carbonyl (C=O) groups excluding carboxylic acids is 1. The highest BCUT2D eigenvalue weighted by Gasteiger charge is 2.20. The zero-order valence-electron chi connectivity index (χ0n) is 16.3. The van der Waals surface area contributed by atoms with Gasteiger partial charge in [-0.15, -0.1) is 0 Å². The number of hydrogen-bond acceptors (Lipinski definition) is 6. The fraction of sp³-hybridized carbons (Fsp3) is 0.632. The van der Waals surface area contributed by atoms with Gasteiger partial charge in [-0.25, -0.2) is 0 Å². The van der Waals surface area contributed by atoms with Gasteiger partial charge in [0.1, 0.15) is 0 Å². The number of likely N-dealkylation sites (N-methyl/N-ethyl adjacent to an activating group) is 1. The van der Waals surface area contributed by atoms with Crippen LogP contribution in [-0.2, 0) is 0 Å². The molecule has 0 aromatic heterocycles. The number of ether oxygens (including phenoxy) is 3. The molecule has 1 saturated heterocycles. The van der Waals surface area contributed by atoms with Crippen LogP contribution < -0.4 is 19.5 Å². The van der Waals surface area contributed by atoms with E-state index in [1.807, 2.05) is 0 Å². The first-order chi connectivity index (χ1) is 12.6. The molecule has 0 aliphatic carbocycles. The summed E-state index contributed by atoms with van der Waals surface area (Å²) in [5.41, 5.74) is 0.446. The normalized spacial score (nSPS) is 15.5. The van der Waals surface area contributed by atoms with Crippen molar-refractivity contribution in [1.29, 1.82) is 0 Å². The van der Waals surface area contributed by atoms with Crippen molar-refractivity contribution in [3.8, 4) is 17.2 Å². The number of hydrogen-bond donors (Lipinski definition) is 1. The molecule has 1 amide bonds. The van der Waals surface area contributed by atoms with Crippen LogP contribution in [-0.4, -0.2) is 82.8 Å². The smallest absolute Gasteiger partial charge is 0.255 e. The SMILES string of the molecule is CCN1CCN(CCCNC(=O)c2ccc(OC)c(OC)c2OC)CC1. The molecule has 1 heterocycles. The monoisotopic (exact) mass is 365 g/mol. The number of piperazine rings is 1. The minimum atomic E-state index is -0.168. The molecular formula is C19H31N3O4. The molecule has 2 rings (SSSR count). The van der Waals surface area contributed by atoms with Crippen molar-refractivity contribution < 1.29 is 19.0 Å². The highest BCUT2D eigenvalue weighted by atomic mass is 16.5. The van der Waals surface area contributed by atoms with Gasteiger partial charge in [0.15, 0.2) is 11.5 Å². The van der Waals surface area contributed by atoms with Crippen molar-refractivity contribution in [2.24, 2.45) is 0 Å². The van der Waals surface area contributed by atoms with Gasteiger partial charge < -0.3 is 29.3 Å². The Balaban J connectivity index is 1.84. The van der Waals surface area contributed by atoms with Gasteiger partial charge in [0.2, 0.25) is 5.75 Å². The maximum absolute atomic E-state index is 12.5. The summed E-state index contributed by atoms with van der Waals surface area (Å²) in [5.74, 6) is 1.18. The lowest BCUT2D eigenvalue weighted by atomic mass is 10.1. The standard InChI is InChI=1S/C19H31N3O4/c1-5-21-11-13-22(14-12-21)10-6-9-20-19(23)15-7-8-16(24-2)18(26-4)17(15)25-3/h7-8H,5-6,9-14H2,1-4H3,(H,20,23). The molecule has 1 aliphatic heterocycles. The number of nitrogens with one attached hydrogen (secondary N) is 1. The number of methoxy groups -OCH3 is 3. The van der Waals surface area contributed by atoms with Crippen LogP contribution in [0.2, 0.25) is 0 Å². The van der Waals surface area contributed by atoms with E-state index in [0.717, 1.165) is 45.7 Å². The Morgan fingerprint density at radius 2 is 1.65 bits per heavy atom. The van der Waals surface area contributed by atoms with E-state index in [1.165, 1.54) is 14.2 Å². The van der Waals surface area contributed by atoms with Crippen LogP contribution in [0.4, 0.5) is 0 Å². The van der Waals surface area contributed by atoms with E-state index in [9.17, 15) is 4.79 Å². The minimum Gasteiger partial charge on any atom is -0.493 e. The summed E-state index contributed by atoms with van der Waals surface area (Å²) >= 11 is 0. The first-order valence-electron chi connectivity index (χ1n) is 9.16. The molecule has 0 unspecified atom stereocenters. The van der Waals surface area contributed by atoms with E-state index in [0.29, 0.717) is 29.4 Å². The topological polar surface area (TPSA) is 63.3 Å². The molecule has 0 radical (unpaired) electrons. The molecule has 7 nitrogen and oxygen atoms in total. The Bertz CT molecular complexity index is 586. The summed E-state index contributed by atoms with van der Waals surface area (Å²) < 4.78 is 16.0. The highest BCUT2D eigenvalue weighted by molar-refractivity contribution is 5.98. The molecule has 7 heteroatoms. The summed E-state index contributed by atoms with van der Waals surface area (Å²) in [4.78, 5) is 17.4. The first kappa shape index (κ1) is 20.3. The van der Waals surface area contributed by atoms with Crippen molar-refractivity contribution in [2.45, 2.75) is 13.3 Å². The predicted molar refractivity (Wildman–Crippen MR) is 102 cm³/mol. The lowest BCUT2D eigenvalue weighted by Gasteiger charge is -2.33. The maximum atomic E-state index is 12.5. The average molecular weight is 365 g/mol. The Morgan fingerprint density at radius 3 is 2.23 bits per heavy atom. The Morgan fingerprint density at radius 1 is 1.00 bits per heavy atom. The summed E-state index contributed by atoms with van der Waals surface area (Å²) in [6.45, 7) is 9.42. The van der Waals surface area contributed by atoms with Gasteiger partial charge in [-0.3, -0.25) is 4.79 Å². The number of carbonyl (C=O) groups is 1. The Labute approximate surface area is 156 Å². The van der Waals surface area contributed by atoms with Crippen LogP contribution in [0.25, 0.3) is 0 Å². The van der Waals surface area contributed by atoms with Gasteiger partial charge in [0.25, 0.3) is 5.91 Å². The van der Waals surface area contributed by atoms with Crippen molar-refractivity contribution >= 4 is 5.91 Å². The zero-order chi connectivity index (χ0) is 18.9. The average Bonchev–Trinajstić information content (AvgIpc) is 2.70. The second-order valence-corrected chi connectivity index (χ2v) is 6.27. The second-order valence-electron chi connectivity index (χ2n) is 6.27. The molecule has 26 heavy (non-hydrogen) atoms. The molecule has 1 aromatic rings. The van der Waals surface area contributed by atoms with E-state index in [2.05, 4.69) is 22.0 Å². The summed E-state index contributed by atoms with van der Waals surface area (Å²) in [6.07, 6.45) is 0.924. The molecule has 0 bridgehead atoms. The summed E-state index contributed by atoms with van der Waals surface area (Å²) in [5, 5.41) is 2.97. The summed E-state index contributed by atoms with van der Waals surface area (Å²) in [6, 6.07) is 3.41. The fourth-order valence-corrected chi connectivity index (χ4v) is 3.21. The molecule has 1 aromatic carbocycles. The molecule has 0 saturated carbocycles. The maximum Gasteiger partial charge on any atom is 0.255 e. The van der Waals surface area contributed by atoms with E-state index < -0.39 is 0 Å². The predicted octanol–water partition coefficient (Wildman–Crippen LogP) is 1.47. The van der Waals surface area contributed by atoms with Crippen LogP contribution in [0.1, 0.15) is 23.7 Å². The molecule has 0 atom stereocenters. The van der Waals surface area contributed by atoms with E-state index >= 15 is 0 Å². The quantitative estimate of drug-likeness (QED) is 0.669. The largest absolute Gasteiger partial charge is 0.493 e.